The van der Waals surface area contributed by atoms with Gasteiger partial charge in [0.15, 0.2) is 5.69 Å². The number of methoxy groups -OCH3 is 1. The molecule has 0 saturated heterocycles. The smallest absolute Gasteiger partial charge is 0.360 e. The second kappa shape index (κ2) is 4.73. The molecule has 2 rings (SSSR count). The van der Waals surface area contributed by atoms with Crippen molar-refractivity contribution < 1.29 is 13.9 Å². The standard InChI is InChI=1S/C11H10FN3O2/c1-17-11(16)10-7-15(14-13-10)6-8-2-4-9(12)5-3-8/h2-5,7H,6H2,1H3. The lowest BCUT2D eigenvalue weighted by molar-refractivity contribution is 0.0594. The Morgan fingerprint density at radius 2 is 2.12 bits per heavy atom. The molecule has 1 aromatic carbocycles. The van der Waals surface area contributed by atoms with E-state index in [4.69, 9.17) is 0 Å². The number of hydrogen-bond donors (Lipinski definition) is 0. The first-order valence-corrected chi connectivity index (χ1v) is 4.92. The van der Waals surface area contributed by atoms with Crippen LogP contribution >= 0.6 is 0 Å². The first-order chi connectivity index (χ1) is 8.19. The molecule has 0 amide bonds. The average Bonchev–Trinajstić information content (AvgIpc) is 2.80. The molecule has 0 saturated carbocycles. The van der Waals surface area contributed by atoms with Crippen LogP contribution < -0.4 is 0 Å². The Bertz CT molecular complexity index is 522. The first-order valence-electron chi connectivity index (χ1n) is 4.92. The van der Waals surface area contributed by atoms with Crippen molar-refractivity contribution in [2.24, 2.45) is 0 Å². The van der Waals surface area contributed by atoms with E-state index in [1.807, 2.05) is 0 Å². The maximum Gasteiger partial charge on any atom is 0.360 e. The number of ether oxygens (including phenoxy) is 1. The van der Waals surface area contributed by atoms with Gasteiger partial charge in [-0.1, -0.05) is 17.3 Å². The van der Waals surface area contributed by atoms with Crippen molar-refractivity contribution in [2.75, 3.05) is 7.11 Å². The molecule has 0 bridgehead atoms. The highest BCUT2D eigenvalue weighted by Crippen LogP contribution is 2.05. The van der Waals surface area contributed by atoms with Gasteiger partial charge in [-0.3, -0.25) is 0 Å². The topological polar surface area (TPSA) is 57.0 Å². The van der Waals surface area contributed by atoms with Gasteiger partial charge >= 0.3 is 5.97 Å². The number of hydrogen-bond acceptors (Lipinski definition) is 4. The van der Waals surface area contributed by atoms with Crippen molar-refractivity contribution >= 4 is 5.97 Å². The first kappa shape index (κ1) is 11.3. The van der Waals surface area contributed by atoms with Crippen molar-refractivity contribution in [1.82, 2.24) is 15.0 Å². The van der Waals surface area contributed by atoms with Gasteiger partial charge in [-0.05, 0) is 17.7 Å². The van der Waals surface area contributed by atoms with E-state index in [2.05, 4.69) is 15.0 Å². The molecular weight excluding hydrogens is 225 g/mol. The Balaban J connectivity index is 2.11. The van der Waals surface area contributed by atoms with Crippen LogP contribution in [-0.4, -0.2) is 28.1 Å². The molecule has 0 spiro atoms. The SMILES string of the molecule is COC(=O)c1cn(Cc2ccc(F)cc2)nn1. The van der Waals surface area contributed by atoms with Gasteiger partial charge in [-0.2, -0.15) is 0 Å². The van der Waals surface area contributed by atoms with Gasteiger partial charge < -0.3 is 4.74 Å². The third-order valence-electron chi connectivity index (χ3n) is 2.19. The van der Waals surface area contributed by atoms with Gasteiger partial charge in [-0.25, -0.2) is 13.9 Å². The van der Waals surface area contributed by atoms with Crippen molar-refractivity contribution in [1.29, 1.82) is 0 Å². The molecule has 1 aromatic heterocycles. The molecule has 0 aliphatic carbocycles. The lowest BCUT2D eigenvalue weighted by atomic mass is 10.2. The summed E-state index contributed by atoms with van der Waals surface area (Å²) in [6.45, 7) is 0.421. The largest absolute Gasteiger partial charge is 0.464 e. The van der Waals surface area contributed by atoms with Crippen molar-refractivity contribution in [3.63, 3.8) is 0 Å². The van der Waals surface area contributed by atoms with Crippen LogP contribution in [0, 0.1) is 5.82 Å². The number of carbonyl (C=O) groups excluding carboxylic acids is 1. The number of esters is 1. The maximum atomic E-state index is 12.7. The predicted octanol–water partition coefficient (Wildman–Crippen LogP) is 1.25. The van der Waals surface area contributed by atoms with Crippen LogP contribution in [-0.2, 0) is 11.3 Å². The summed E-state index contributed by atoms with van der Waals surface area (Å²) in [4.78, 5) is 11.1. The molecule has 2 aromatic rings. The van der Waals surface area contributed by atoms with E-state index in [9.17, 15) is 9.18 Å². The second-order valence-electron chi connectivity index (χ2n) is 3.42. The van der Waals surface area contributed by atoms with Crippen LogP contribution in [0.25, 0.3) is 0 Å². The van der Waals surface area contributed by atoms with Gasteiger partial charge in [0, 0.05) is 0 Å². The number of aromatic nitrogens is 3. The van der Waals surface area contributed by atoms with Gasteiger partial charge in [0.05, 0.1) is 19.9 Å². The van der Waals surface area contributed by atoms with Gasteiger partial charge in [0.1, 0.15) is 5.82 Å². The minimum Gasteiger partial charge on any atom is -0.464 e. The van der Waals surface area contributed by atoms with Crippen LogP contribution in [0.4, 0.5) is 4.39 Å². The molecular formula is C11H10FN3O2. The van der Waals surface area contributed by atoms with E-state index in [1.54, 1.807) is 12.1 Å². The number of halogens is 1. The molecule has 1 heterocycles. The summed E-state index contributed by atoms with van der Waals surface area (Å²) in [7, 11) is 1.28. The van der Waals surface area contributed by atoms with E-state index in [-0.39, 0.29) is 11.5 Å². The summed E-state index contributed by atoms with van der Waals surface area (Å²) < 4.78 is 18.7. The fraction of sp³-hybridized carbons (Fsp3) is 0.182. The molecule has 88 valence electrons. The highest BCUT2D eigenvalue weighted by molar-refractivity contribution is 5.86. The van der Waals surface area contributed by atoms with Gasteiger partial charge in [0.25, 0.3) is 0 Å². The second-order valence-corrected chi connectivity index (χ2v) is 3.42. The quantitative estimate of drug-likeness (QED) is 0.751. The minimum absolute atomic E-state index is 0.148. The molecule has 0 N–H and O–H groups in total. The third-order valence-corrected chi connectivity index (χ3v) is 2.19. The summed E-state index contributed by atoms with van der Waals surface area (Å²) in [5.41, 5.74) is 1.02. The lowest BCUT2D eigenvalue weighted by Crippen LogP contribution is -2.01. The summed E-state index contributed by atoms with van der Waals surface area (Å²) in [6, 6.07) is 6.03. The zero-order valence-corrected chi connectivity index (χ0v) is 9.13. The number of carbonyl (C=O) groups is 1. The molecule has 0 aliphatic heterocycles. The van der Waals surface area contributed by atoms with Crippen LogP contribution in [0.3, 0.4) is 0 Å². The van der Waals surface area contributed by atoms with Crippen LogP contribution in [0.1, 0.15) is 16.1 Å². The minimum atomic E-state index is -0.532. The fourth-order valence-corrected chi connectivity index (χ4v) is 1.35. The van der Waals surface area contributed by atoms with E-state index in [0.717, 1.165) is 5.56 Å². The maximum absolute atomic E-state index is 12.7. The Kier molecular flexibility index (Phi) is 3.13. The molecule has 0 unspecified atom stereocenters. The van der Waals surface area contributed by atoms with E-state index < -0.39 is 5.97 Å². The fourth-order valence-electron chi connectivity index (χ4n) is 1.35. The normalized spacial score (nSPS) is 10.2. The highest BCUT2D eigenvalue weighted by Gasteiger charge is 2.10. The molecule has 0 atom stereocenters. The zero-order chi connectivity index (χ0) is 12.3. The number of benzene rings is 1. The highest BCUT2D eigenvalue weighted by atomic mass is 19.1. The molecule has 17 heavy (non-hydrogen) atoms. The van der Waals surface area contributed by atoms with Crippen LogP contribution in [0.15, 0.2) is 30.5 Å². The average molecular weight is 235 g/mol. The molecule has 0 fully saturated rings. The Labute approximate surface area is 96.8 Å². The summed E-state index contributed by atoms with van der Waals surface area (Å²) in [6.07, 6.45) is 1.48. The lowest BCUT2D eigenvalue weighted by Gasteiger charge is -1.99. The summed E-state index contributed by atoms with van der Waals surface area (Å²) in [5.74, 6) is -0.821. The monoisotopic (exact) mass is 235 g/mol. The molecule has 6 heteroatoms. The Morgan fingerprint density at radius 3 is 2.76 bits per heavy atom. The third kappa shape index (κ3) is 2.66. The van der Waals surface area contributed by atoms with Crippen molar-refractivity contribution in [3.05, 3.63) is 47.5 Å². The van der Waals surface area contributed by atoms with Crippen LogP contribution in [0.5, 0.6) is 0 Å². The Morgan fingerprint density at radius 1 is 1.41 bits per heavy atom. The molecule has 5 nitrogen and oxygen atoms in total. The van der Waals surface area contributed by atoms with E-state index in [0.29, 0.717) is 6.54 Å². The zero-order valence-electron chi connectivity index (χ0n) is 9.13. The molecule has 0 aliphatic rings. The predicted molar refractivity (Wildman–Crippen MR) is 56.9 cm³/mol. The summed E-state index contributed by atoms with van der Waals surface area (Å²) >= 11 is 0. The number of nitrogens with zero attached hydrogens (tertiary/aromatic N) is 3. The van der Waals surface area contributed by atoms with Crippen molar-refractivity contribution in [3.8, 4) is 0 Å². The Hall–Kier alpha value is -2.24. The molecule has 0 radical (unpaired) electrons. The van der Waals surface area contributed by atoms with Gasteiger partial charge in [0.2, 0.25) is 0 Å². The van der Waals surface area contributed by atoms with E-state index >= 15 is 0 Å². The van der Waals surface area contributed by atoms with Crippen molar-refractivity contribution in [2.45, 2.75) is 6.54 Å². The van der Waals surface area contributed by atoms with E-state index in [1.165, 1.54) is 30.1 Å². The summed E-state index contributed by atoms with van der Waals surface area (Å²) in [5, 5.41) is 7.44. The van der Waals surface area contributed by atoms with Gasteiger partial charge in [-0.15, -0.1) is 5.10 Å². The van der Waals surface area contributed by atoms with Crippen LogP contribution in [0.2, 0.25) is 0 Å². The number of rotatable bonds is 3.